The second kappa shape index (κ2) is 11.9. The van der Waals surface area contributed by atoms with E-state index in [1.807, 2.05) is 6.92 Å². The number of carbonyl (C=O) groups excluding carboxylic acids is 1. The Kier molecular flexibility index (Phi) is 8.69. The summed E-state index contributed by atoms with van der Waals surface area (Å²) in [6.45, 7) is 4.49. The summed E-state index contributed by atoms with van der Waals surface area (Å²) < 4.78 is 17.5. The number of nitrogens with one attached hydrogen (secondary N) is 2. The number of hydrogen-bond acceptors (Lipinski definition) is 10. The Hall–Kier alpha value is -3.79. The van der Waals surface area contributed by atoms with E-state index in [9.17, 15) is 14.9 Å². The summed E-state index contributed by atoms with van der Waals surface area (Å²) in [6.07, 6.45) is 1.56. The van der Waals surface area contributed by atoms with Crippen molar-refractivity contribution >= 4 is 40.4 Å². The topological polar surface area (TPSA) is 144 Å². The third-order valence-electron chi connectivity index (χ3n) is 4.47. The lowest BCUT2D eigenvalue weighted by Crippen LogP contribution is -2.31. The number of amides is 1. The van der Waals surface area contributed by atoms with E-state index in [2.05, 4.69) is 26.8 Å². The van der Waals surface area contributed by atoms with Crippen molar-refractivity contribution in [1.82, 2.24) is 14.7 Å². The molecule has 0 radical (unpaired) electrons. The Morgan fingerprint density at radius 2 is 2.15 bits per heavy atom. The molecule has 3 aromatic rings. The first-order valence-electron chi connectivity index (χ1n) is 10.3. The van der Waals surface area contributed by atoms with E-state index in [1.165, 1.54) is 4.57 Å². The maximum Gasteiger partial charge on any atom is 0.271 e. The van der Waals surface area contributed by atoms with Gasteiger partial charge in [0.15, 0.2) is 11.4 Å². The molecule has 0 fully saturated rings. The lowest BCUT2D eigenvalue weighted by molar-refractivity contribution is -0.121. The van der Waals surface area contributed by atoms with Crippen LogP contribution in [0, 0.1) is 18.3 Å². The maximum atomic E-state index is 12.9. The number of rotatable bonds is 10. The molecule has 2 aromatic heterocycles. The highest BCUT2D eigenvalue weighted by Crippen LogP contribution is 2.15. The molecule has 0 saturated heterocycles. The van der Waals surface area contributed by atoms with Crippen molar-refractivity contribution in [2.45, 2.75) is 20.4 Å². The molecule has 0 unspecified atom stereocenters. The second-order valence-corrected chi connectivity index (χ2v) is 7.95. The number of hydrogen-bond donors (Lipinski definition) is 2. The Balaban J connectivity index is 1.84. The van der Waals surface area contributed by atoms with Crippen molar-refractivity contribution in [2.24, 2.45) is 0 Å². The third-order valence-corrected chi connectivity index (χ3v) is 5.60. The normalized spacial score (nSPS) is 12.4. The number of ether oxygens (including phenoxy) is 2. The van der Waals surface area contributed by atoms with E-state index in [0.29, 0.717) is 46.2 Å². The molecule has 2 heterocycles. The van der Waals surface area contributed by atoms with Crippen LogP contribution >= 0.6 is 11.3 Å². The van der Waals surface area contributed by atoms with Gasteiger partial charge in [-0.05, 0) is 32.0 Å². The number of methoxy groups -OCH3 is 1. The first-order valence-corrected chi connectivity index (χ1v) is 11.2. The van der Waals surface area contributed by atoms with E-state index in [4.69, 9.17) is 14.0 Å². The van der Waals surface area contributed by atoms with Crippen LogP contribution in [0.5, 0.6) is 0 Å². The molecule has 1 aromatic carbocycles. The van der Waals surface area contributed by atoms with Crippen LogP contribution < -0.4 is 25.4 Å². The molecule has 178 valence electrons. The smallest absolute Gasteiger partial charge is 0.271 e. The number of anilines is 2. The van der Waals surface area contributed by atoms with Gasteiger partial charge < -0.3 is 24.6 Å². The van der Waals surface area contributed by atoms with Gasteiger partial charge in [-0.15, -0.1) is 11.3 Å². The van der Waals surface area contributed by atoms with Crippen molar-refractivity contribution in [1.29, 1.82) is 5.26 Å². The fourth-order valence-corrected chi connectivity index (χ4v) is 4.00. The van der Waals surface area contributed by atoms with E-state index < -0.39 is 0 Å². The second-order valence-electron chi connectivity index (χ2n) is 6.92. The molecule has 34 heavy (non-hydrogen) atoms. The predicted octanol–water partition coefficient (Wildman–Crippen LogP) is 0.795. The van der Waals surface area contributed by atoms with Crippen molar-refractivity contribution in [3.05, 3.63) is 55.5 Å². The SMILES string of the molecule is CCn1c(=C(C#N)c2nc(C)no2)sc(=CNc2cccc(NC(=O)COCCOC)c2)c1=O. The zero-order valence-corrected chi connectivity index (χ0v) is 19.8. The van der Waals surface area contributed by atoms with Gasteiger partial charge in [-0.3, -0.25) is 14.2 Å². The predicted molar refractivity (Wildman–Crippen MR) is 127 cm³/mol. The van der Waals surface area contributed by atoms with Crippen LogP contribution in [0.3, 0.4) is 0 Å². The van der Waals surface area contributed by atoms with Crippen LogP contribution in [0.25, 0.3) is 11.8 Å². The largest absolute Gasteiger partial charge is 0.382 e. The minimum absolute atomic E-state index is 0.0672. The summed E-state index contributed by atoms with van der Waals surface area (Å²) in [5, 5.41) is 19.2. The van der Waals surface area contributed by atoms with Crippen molar-refractivity contribution in [2.75, 3.05) is 37.6 Å². The lowest BCUT2D eigenvalue weighted by atomic mass is 10.2. The number of aromatic nitrogens is 3. The van der Waals surface area contributed by atoms with E-state index in [1.54, 1.807) is 44.5 Å². The fourth-order valence-electron chi connectivity index (χ4n) is 2.92. The van der Waals surface area contributed by atoms with E-state index in [0.717, 1.165) is 11.3 Å². The van der Waals surface area contributed by atoms with Gasteiger partial charge >= 0.3 is 0 Å². The summed E-state index contributed by atoms with van der Waals surface area (Å²) in [5.41, 5.74) is 1.12. The molecular formula is C22H24N6O5S. The van der Waals surface area contributed by atoms with E-state index in [-0.39, 0.29) is 29.5 Å². The molecule has 0 saturated carbocycles. The molecule has 1 amide bonds. The minimum Gasteiger partial charge on any atom is -0.382 e. The average molecular weight is 485 g/mol. The molecule has 11 nitrogen and oxygen atoms in total. The molecule has 0 aliphatic rings. The van der Waals surface area contributed by atoms with Crippen LogP contribution in [-0.4, -0.2) is 47.5 Å². The number of carbonyl (C=O) groups is 1. The molecule has 0 aliphatic carbocycles. The first-order chi connectivity index (χ1) is 16.5. The van der Waals surface area contributed by atoms with Gasteiger partial charge in [0.25, 0.3) is 11.4 Å². The van der Waals surface area contributed by atoms with Gasteiger partial charge in [0.2, 0.25) is 5.91 Å². The highest BCUT2D eigenvalue weighted by molar-refractivity contribution is 7.07. The van der Waals surface area contributed by atoms with Gasteiger partial charge in [0.1, 0.15) is 21.9 Å². The van der Waals surface area contributed by atoms with Crippen LogP contribution in [0.15, 0.2) is 33.6 Å². The molecule has 2 N–H and O–H groups in total. The standard InChI is InChI=1S/C22H24N6O5S/c1-4-28-21(30)18(34-22(28)17(11-23)20-25-14(2)27-33-20)12-24-15-6-5-7-16(10-15)26-19(29)13-32-9-8-31-3/h5-7,10,12,24H,4,8-9,13H2,1-3H3,(H,26,29). The number of aryl methyl sites for hydroxylation is 1. The summed E-state index contributed by atoms with van der Waals surface area (Å²) >= 11 is 1.14. The molecule has 0 aliphatic heterocycles. The molecule has 3 rings (SSSR count). The summed E-state index contributed by atoms with van der Waals surface area (Å²) in [4.78, 5) is 29.0. The Labute approximate surface area is 198 Å². The summed E-state index contributed by atoms with van der Waals surface area (Å²) in [5.74, 6) is 0.172. The molecule has 0 spiro atoms. The zero-order valence-electron chi connectivity index (χ0n) is 19.0. The number of benzene rings is 1. The van der Waals surface area contributed by atoms with Gasteiger partial charge in [-0.1, -0.05) is 11.2 Å². The Morgan fingerprint density at radius 3 is 2.82 bits per heavy atom. The highest BCUT2D eigenvalue weighted by atomic mass is 32.1. The van der Waals surface area contributed by atoms with Crippen molar-refractivity contribution < 1.29 is 18.8 Å². The van der Waals surface area contributed by atoms with E-state index >= 15 is 0 Å². The van der Waals surface area contributed by atoms with Gasteiger partial charge in [-0.2, -0.15) is 10.2 Å². The minimum atomic E-state index is -0.290. The van der Waals surface area contributed by atoms with Gasteiger partial charge in [0.05, 0.1) is 13.2 Å². The van der Waals surface area contributed by atoms with Crippen LogP contribution in [0.2, 0.25) is 0 Å². The van der Waals surface area contributed by atoms with Crippen LogP contribution in [-0.2, 0) is 20.8 Å². The van der Waals surface area contributed by atoms with Gasteiger partial charge in [-0.25, -0.2) is 0 Å². The Bertz CT molecular complexity index is 1370. The van der Waals surface area contributed by atoms with Crippen LogP contribution in [0.1, 0.15) is 18.6 Å². The average Bonchev–Trinajstić information content (AvgIpc) is 3.39. The molecule has 0 bridgehead atoms. The zero-order chi connectivity index (χ0) is 24.5. The van der Waals surface area contributed by atoms with Crippen molar-refractivity contribution in [3.63, 3.8) is 0 Å². The quantitative estimate of drug-likeness (QED) is 0.399. The third kappa shape index (κ3) is 6.16. The number of thiazole rings is 1. The number of nitrogens with zero attached hydrogens (tertiary/aromatic N) is 4. The lowest BCUT2D eigenvalue weighted by Gasteiger charge is -2.08. The van der Waals surface area contributed by atoms with Crippen LogP contribution in [0.4, 0.5) is 11.4 Å². The molecular weight excluding hydrogens is 460 g/mol. The Morgan fingerprint density at radius 1 is 1.35 bits per heavy atom. The first kappa shape index (κ1) is 24.8. The summed E-state index contributed by atoms with van der Waals surface area (Å²) in [7, 11) is 1.56. The number of nitriles is 1. The fraction of sp³-hybridized carbons (Fsp3) is 0.318. The summed E-state index contributed by atoms with van der Waals surface area (Å²) in [6, 6.07) is 9.09. The maximum absolute atomic E-state index is 12.9. The molecule has 12 heteroatoms. The highest BCUT2D eigenvalue weighted by Gasteiger charge is 2.15. The molecule has 0 atom stereocenters. The van der Waals surface area contributed by atoms with Gasteiger partial charge in [0, 0.05) is 31.2 Å². The van der Waals surface area contributed by atoms with Crippen molar-refractivity contribution in [3.8, 4) is 6.07 Å². The monoisotopic (exact) mass is 484 g/mol.